The first kappa shape index (κ1) is 21.6. The number of para-hydroxylation sites is 1. The summed E-state index contributed by atoms with van der Waals surface area (Å²) in [6.07, 6.45) is 3.80. The molecule has 2 aromatic carbocycles. The van der Waals surface area contributed by atoms with E-state index in [4.69, 9.17) is 18.9 Å². The highest BCUT2D eigenvalue weighted by Gasteiger charge is 2.18. The maximum atomic E-state index is 12.8. The van der Waals surface area contributed by atoms with Crippen LogP contribution in [-0.4, -0.2) is 37.3 Å². The molecule has 0 saturated carbocycles. The molecule has 0 radical (unpaired) electrons. The molecule has 7 heteroatoms. The highest BCUT2D eigenvalue weighted by molar-refractivity contribution is 5.96. The van der Waals surface area contributed by atoms with Crippen LogP contribution < -0.4 is 19.5 Å². The minimum absolute atomic E-state index is 0.130. The summed E-state index contributed by atoms with van der Waals surface area (Å²) in [5.74, 6) is 1.87. The van der Waals surface area contributed by atoms with Crippen LogP contribution in [0.3, 0.4) is 0 Å². The molecule has 1 saturated heterocycles. The number of nitrogens with one attached hydrogen (secondary N) is 1. The number of benzene rings is 2. The molecule has 32 heavy (non-hydrogen) atoms. The van der Waals surface area contributed by atoms with Gasteiger partial charge in [0.25, 0.3) is 5.91 Å². The van der Waals surface area contributed by atoms with Crippen molar-refractivity contribution in [3.8, 4) is 23.1 Å². The molecule has 166 valence electrons. The van der Waals surface area contributed by atoms with E-state index in [1.165, 1.54) is 0 Å². The van der Waals surface area contributed by atoms with Gasteiger partial charge >= 0.3 is 0 Å². The van der Waals surface area contributed by atoms with Crippen molar-refractivity contribution in [2.24, 2.45) is 0 Å². The molecule has 1 fully saturated rings. The molecular formula is C25H26N2O5. The normalized spacial score (nSPS) is 15.2. The number of rotatable bonds is 9. The van der Waals surface area contributed by atoms with E-state index in [-0.39, 0.29) is 17.9 Å². The van der Waals surface area contributed by atoms with Crippen LogP contribution in [0.25, 0.3) is 0 Å². The predicted molar refractivity (Wildman–Crippen MR) is 119 cm³/mol. The van der Waals surface area contributed by atoms with Crippen LogP contribution in [0.15, 0.2) is 66.9 Å². The number of ether oxygens (including phenoxy) is 4. The van der Waals surface area contributed by atoms with E-state index in [9.17, 15) is 4.79 Å². The lowest BCUT2D eigenvalue weighted by Gasteiger charge is -2.15. The molecule has 3 aromatic rings. The smallest absolute Gasteiger partial charge is 0.257 e. The third-order valence-corrected chi connectivity index (χ3v) is 5.10. The fourth-order valence-corrected chi connectivity index (χ4v) is 3.42. The fourth-order valence-electron chi connectivity index (χ4n) is 3.42. The minimum Gasteiger partial charge on any atom is -0.493 e. The Bertz CT molecular complexity index is 1040. The zero-order valence-electron chi connectivity index (χ0n) is 18.0. The van der Waals surface area contributed by atoms with Gasteiger partial charge in [0.1, 0.15) is 17.9 Å². The Morgan fingerprint density at radius 3 is 2.78 bits per heavy atom. The highest BCUT2D eigenvalue weighted by atomic mass is 16.5. The van der Waals surface area contributed by atoms with Crippen molar-refractivity contribution < 1.29 is 23.7 Å². The largest absolute Gasteiger partial charge is 0.493 e. The van der Waals surface area contributed by atoms with Crippen molar-refractivity contribution in [2.45, 2.75) is 25.5 Å². The number of hydrogen-bond acceptors (Lipinski definition) is 6. The molecule has 1 amide bonds. The number of amides is 1. The fraction of sp³-hybridized carbons (Fsp3) is 0.280. The summed E-state index contributed by atoms with van der Waals surface area (Å²) < 4.78 is 22.7. The summed E-state index contributed by atoms with van der Waals surface area (Å²) >= 11 is 0. The number of carbonyl (C=O) groups is 1. The summed E-state index contributed by atoms with van der Waals surface area (Å²) in [7, 11) is 1.60. The molecule has 4 rings (SSSR count). The second-order valence-corrected chi connectivity index (χ2v) is 7.39. The second kappa shape index (κ2) is 10.6. The first-order valence-electron chi connectivity index (χ1n) is 10.6. The Morgan fingerprint density at radius 2 is 2.00 bits per heavy atom. The number of pyridine rings is 1. The summed E-state index contributed by atoms with van der Waals surface area (Å²) in [5.41, 5.74) is 1.24. The van der Waals surface area contributed by atoms with Crippen LogP contribution in [0.5, 0.6) is 23.1 Å². The Balaban J connectivity index is 1.38. The van der Waals surface area contributed by atoms with E-state index in [1.54, 1.807) is 25.4 Å². The monoisotopic (exact) mass is 434 g/mol. The molecule has 1 atom stereocenters. The van der Waals surface area contributed by atoms with Gasteiger partial charge < -0.3 is 24.3 Å². The molecule has 1 aromatic heterocycles. The van der Waals surface area contributed by atoms with Gasteiger partial charge in [0.05, 0.1) is 13.2 Å². The van der Waals surface area contributed by atoms with E-state index in [0.717, 1.165) is 25.0 Å². The van der Waals surface area contributed by atoms with E-state index < -0.39 is 0 Å². The molecule has 0 aliphatic carbocycles. The van der Waals surface area contributed by atoms with Crippen molar-refractivity contribution in [1.82, 2.24) is 10.3 Å². The standard InChI is InChI=1S/C25H26N2O5/c1-29-23-15-18(11-12-22(23)31-17-20-9-6-14-30-20)16-27-24(28)21-10-5-13-26-25(21)32-19-7-3-2-4-8-19/h2-5,7-8,10-13,15,20H,6,9,14,16-17H2,1H3,(H,27,28). The van der Waals surface area contributed by atoms with E-state index in [2.05, 4.69) is 10.3 Å². The van der Waals surface area contributed by atoms with Crippen molar-refractivity contribution >= 4 is 5.91 Å². The minimum atomic E-state index is -0.276. The zero-order chi connectivity index (χ0) is 22.2. The van der Waals surface area contributed by atoms with Crippen molar-refractivity contribution in [1.29, 1.82) is 0 Å². The topological polar surface area (TPSA) is 78.9 Å². The molecule has 1 N–H and O–H groups in total. The van der Waals surface area contributed by atoms with Gasteiger partial charge in [-0.05, 0) is 54.8 Å². The number of aromatic nitrogens is 1. The van der Waals surface area contributed by atoms with E-state index >= 15 is 0 Å². The lowest BCUT2D eigenvalue weighted by Crippen LogP contribution is -2.23. The number of hydrogen-bond donors (Lipinski definition) is 1. The SMILES string of the molecule is COc1cc(CNC(=O)c2cccnc2Oc2ccccc2)ccc1OCC1CCCO1. The van der Waals surface area contributed by atoms with Gasteiger partial charge in [-0.1, -0.05) is 24.3 Å². The van der Waals surface area contributed by atoms with Gasteiger partial charge in [-0.2, -0.15) is 0 Å². The van der Waals surface area contributed by atoms with Gasteiger partial charge in [0.2, 0.25) is 5.88 Å². The number of methoxy groups -OCH3 is 1. The van der Waals surface area contributed by atoms with Gasteiger partial charge in [0.15, 0.2) is 11.5 Å². The molecule has 7 nitrogen and oxygen atoms in total. The Morgan fingerprint density at radius 1 is 1.12 bits per heavy atom. The zero-order valence-corrected chi connectivity index (χ0v) is 18.0. The van der Waals surface area contributed by atoms with Crippen LogP contribution in [0.4, 0.5) is 0 Å². The predicted octanol–water partition coefficient (Wildman–Crippen LogP) is 4.37. The Labute approximate surface area is 187 Å². The maximum absolute atomic E-state index is 12.8. The van der Waals surface area contributed by atoms with Crippen LogP contribution in [0, 0.1) is 0 Å². The average Bonchev–Trinajstić information content (AvgIpc) is 3.36. The molecular weight excluding hydrogens is 408 g/mol. The summed E-state index contributed by atoms with van der Waals surface area (Å²) in [6, 6.07) is 18.2. The first-order valence-corrected chi connectivity index (χ1v) is 10.6. The summed E-state index contributed by atoms with van der Waals surface area (Å²) in [6.45, 7) is 1.61. The van der Waals surface area contributed by atoms with E-state index in [1.807, 2.05) is 48.5 Å². The third-order valence-electron chi connectivity index (χ3n) is 5.10. The van der Waals surface area contributed by atoms with Gasteiger partial charge in [-0.25, -0.2) is 4.98 Å². The quantitative estimate of drug-likeness (QED) is 0.539. The first-order chi connectivity index (χ1) is 15.7. The average molecular weight is 434 g/mol. The van der Waals surface area contributed by atoms with Crippen LogP contribution in [0.2, 0.25) is 0 Å². The number of nitrogens with zero attached hydrogens (tertiary/aromatic N) is 1. The molecule has 0 bridgehead atoms. The van der Waals surface area contributed by atoms with E-state index in [0.29, 0.717) is 36.0 Å². The second-order valence-electron chi connectivity index (χ2n) is 7.39. The van der Waals surface area contributed by atoms with Crippen molar-refractivity contribution in [2.75, 3.05) is 20.3 Å². The maximum Gasteiger partial charge on any atom is 0.257 e. The lowest BCUT2D eigenvalue weighted by molar-refractivity contribution is 0.0669. The summed E-state index contributed by atoms with van der Waals surface area (Å²) in [5, 5.41) is 2.91. The number of carbonyl (C=O) groups excluding carboxylic acids is 1. The van der Waals surface area contributed by atoms with Gasteiger partial charge in [-0.3, -0.25) is 4.79 Å². The molecule has 0 spiro atoms. The molecule has 1 aliphatic heterocycles. The van der Waals surface area contributed by atoms with Crippen molar-refractivity contribution in [3.63, 3.8) is 0 Å². The lowest BCUT2D eigenvalue weighted by atomic mass is 10.2. The van der Waals surface area contributed by atoms with Crippen LogP contribution >= 0.6 is 0 Å². The summed E-state index contributed by atoms with van der Waals surface area (Å²) in [4.78, 5) is 17.0. The molecule has 1 aliphatic rings. The van der Waals surface area contributed by atoms with Crippen LogP contribution in [0.1, 0.15) is 28.8 Å². The Hall–Kier alpha value is -3.58. The highest BCUT2D eigenvalue weighted by Crippen LogP contribution is 2.29. The Kier molecular flexibility index (Phi) is 7.19. The van der Waals surface area contributed by atoms with Crippen molar-refractivity contribution in [3.05, 3.63) is 78.0 Å². The third kappa shape index (κ3) is 5.56. The molecule has 1 unspecified atom stereocenters. The van der Waals surface area contributed by atoms with Gasteiger partial charge in [-0.15, -0.1) is 0 Å². The van der Waals surface area contributed by atoms with Crippen LogP contribution in [-0.2, 0) is 11.3 Å². The molecule has 2 heterocycles. The van der Waals surface area contributed by atoms with Gasteiger partial charge in [0, 0.05) is 19.3 Å².